The van der Waals surface area contributed by atoms with Crippen LogP contribution in [0.2, 0.25) is 0 Å². The van der Waals surface area contributed by atoms with Crippen LogP contribution < -0.4 is 4.74 Å². The first-order chi connectivity index (χ1) is 23.5. The molecule has 0 radical (unpaired) electrons. The van der Waals surface area contributed by atoms with Gasteiger partial charge >= 0.3 is 11.9 Å². The molecule has 4 aromatic rings. The summed E-state index contributed by atoms with van der Waals surface area (Å²) in [6, 6.07) is 29.6. The number of aromatic hydroxyl groups is 1. The number of hydrogen-bond donors (Lipinski definition) is 2. The Morgan fingerprint density at radius 1 is 0.918 bits per heavy atom. The summed E-state index contributed by atoms with van der Waals surface area (Å²) in [5.74, 6) is -0.0896. The Hall–Kier alpha value is -5.15. The first-order valence-electron chi connectivity index (χ1n) is 16.6. The van der Waals surface area contributed by atoms with Gasteiger partial charge in [0.2, 0.25) is 5.91 Å². The van der Waals surface area contributed by atoms with Crippen molar-refractivity contribution in [2.24, 2.45) is 5.92 Å². The van der Waals surface area contributed by atoms with Crippen LogP contribution in [0.5, 0.6) is 17.2 Å². The Morgan fingerprint density at radius 2 is 1.63 bits per heavy atom. The number of aliphatic carboxylic acids is 1. The van der Waals surface area contributed by atoms with Crippen molar-refractivity contribution in [3.05, 3.63) is 125 Å². The molecule has 5 rings (SSSR count). The van der Waals surface area contributed by atoms with Crippen molar-refractivity contribution in [3.8, 4) is 17.2 Å². The Balaban J connectivity index is 1.33. The second-order valence-corrected chi connectivity index (χ2v) is 13.0. The van der Waals surface area contributed by atoms with Crippen LogP contribution in [-0.2, 0) is 32.7 Å². The van der Waals surface area contributed by atoms with Gasteiger partial charge in [-0.15, -0.1) is 0 Å². The molecule has 49 heavy (non-hydrogen) atoms. The van der Waals surface area contributed by atoms with Crippen LogP contribution in [0.1, 0.15) is 53.7 Å². The number of amides is 1. The van der Waals surface area contributed by atoms with Crippen molar-refractivity contribution in [1.29, 1.82) is 0 Å². The maximum absolute atomic E-state index is 14.1. The largest absolute Gasteiger partial charge is 0.508 e. The van der Waals surface area contributed by atoms with Gasteiger partial charge in [0.05, 0.1) is 12.7 Å². The van der Waals surface area contributed by atoms with Gasteiger partial charge in [-0.05, 0) is 89.5 Å². The summed E-state index contributed by atoms with van der Waals surface area (Å²) in [5, 5.41) is 20.6. The number of nitrogens with zero attached hydrogens (tertiary/aromatic N) is 2. The number of carbonyl (C=O) groups is 3. The lowest BCUT2D eigenvalue weighted by atomic mass is 9.68. The van der Waals surface area contributed by atoms with E-state index in [1.54, 1.807) is 30.3 Å². The van der Waals surface area contributed by atoms with Crippen molar-refractivity contribution in [3.63, 3.8) is 0 Å². The van der Waals surface area contributed by atoms with Gasteiger partial charge < -0.3 is 29.5 Å². The van der Waals surface area contributed by atoms with Gasteiger partial charge in [-0.1, -0.05) is 68.4 Å². The molecule has 9 nitrogen and oxygen atoms in total. The number of esters is 1. The molecule has 0 aliphatic carbocycles. The average Bonchev–Trinajstić information content (AvgIpc) is 3.10. The number of piperidine rings is 1. The SMILES string of the molecule is COC(=O)c1ccc(C[C@@H](C(=O)O)N(Cc2cccc(Oc3ccccc3)c2)C(=O)CCN2CC[C@@](C)(c3cccc(O)c3)[C@@H](C)C2)cc1. The summed E-state index contributed by atoms with van der Waals surface area (Å²) in [6.07, 6.45) is 1.08. The molecule has 0 saturated carbocycles. The second-order valence-electron chi connectivity index (χ2n) is 13.0. The van der Waals surface area contributed by atoms with Crippen molar-refractivity contribution in [2.45, 2.75) is 51.1 Å². The summed E-state index contributed by atoms with van der Waals surface area (Å²) in [4.78, 5) is 42.6. The van der Waals surface area contributed by atoms with E-state index in [0.717, 1.165) is 30.6 Å². The van der Waals surface area contributed by atoms with Gasteiger partial charge in [-0.25, -0.2) is 9.59 Å². The summed E-state index contributed by atoms with van der Waals surface area (Å²) in [5.41, 5.74) is 2.76. The van der Waals surface area contributed by atoms with Crippen LogP contribution in [0, 0.1) is 5.92 Å². The van der Waals surface area contributed by atoms with Gasteiger partial charge in [0.15, 0.2) is 0 Å². The number of methoxy groups -OCH3 is 1. The summed E-state index contributed by atoms with van der Waals surface area (Å²) in [7, 11) is 1.30. The van der Waals surface area contributed by atoms with Crippen molar-refractivity contribution < 1.29 is 34.1 Å². The normalized spacial score (nSPS) is 18.3. The zero-order valence-electron chi connectivity index (χ0n) is 28.2. The van der Waals surface area contributed by atoms with Crippen LogP contribution in [0.15, 0.2) is 103 Å². The number of ether oxygens (including phenoxy) is 2. The molecule has 1 saturated heterocycles. The second kappa shape index (κ2) is 15.8. The molecule has 256 valence electrons. The van der Waals surface area contributed by atoms with Crippen molar-refractivity contribution in [1.82, 2.24) is 9.80 Å². The van der Waals surface area contributed by atoms with E-state index in [1.807, 2.05) is 66.7 Å². The lowest BCUT2D eigenvalue weighted by Crippen LogP contribution is -2.49. The number of benzene rings is 4. The molecular weight excluding hydrogens is 620 g/mol. The predicted octanol–water partition coefficient (Wildman–Crippen LogP) is 6.69. The van der Waals surface area contributed by atoms with Crippen LogP contribution in [0.3, 0.4) is 0 Å². The highest BCUT2D eigenvalue weighted by Crippen LogP contribution is 2.40. The summed E-state index contributed by atoms with van der Waals surface area (Å²) >= 11 is 0. The van der Waals surface area contributed by atoms with E-state index in [-0.39, 0.29) is 42.4 Å². The topological polar surface area (TPSA) is 117 Å². The number of hydrogen-bond acceptors (Lipinski definition) is 7. The standard InChI is InChI=1S/C40H44N2O7/c1-28-26-41(22-20-40(28,2)32-10-8-11-33(43)25-32)21-19-37(44)42(27-30-9-7-14-35(23-30)49-34-12-5-4-6-13-34)36(38(45)46)24-29-15-17-31(18-16-29)39(47)48-3/h4-18,23,25,28,36,43H,19-22,24,26-27H2,1-3H3,(H,45,46)/t28-,36-,40+/m0/s1. The lowest BCUT2D eigenvalue weighted by Gasteiger charge is -2.45. The molecule has 1 aliphatic heterocycles. The van der Waals surface area contributed by atoms with Crippen LogP contribution in [0.4, 0.5) is 0 Å². The highest BCUT2D eigenvalue weighted by molar-refractivity contribution is 5.89. The molecule has 0 aromatic heterocycles. The molecule has 1 fully saturated rings. The smallest absolute Gasteiger partial charge is 0.337 e. The number of para-hydroxylation sites is 1. The number of carboxylic acids is 1. The van der Waals surface area contributed by atoms with E-state index >= 15 is 0 Å². The first-order valence-corrected chi connectivity index (χ1v) is 16.6. The Bertz CT molecular complexity index is 1740. The molecule has 9 heteroatoms. The maximum atomic E-state index is 14.1. The molecule has 1 amide bonds. The van der Waals surface area contributed by atoms with Crippen LogP contribution in [0.25, 0.3) is 0 Å². The minimum absolute atomic E-state index is 0.0613. The van der Waals surface area contributed by atoms with Gasteiger partial charge in [-0.3, -0.25) is 4.79 Å². The molecule has 2 N–H and O–H groups in total. The third-order valence-corrected chi connectivity index (χ3v) is 9.73. The summed E-state index contributed by atoms with van der Waals surface area (Å²) in [6.45, 7) is 6.54. The van der Waals surface area contributed by atoms with Crippen LogP contribution >= 0.6 is 0 Å². The summed E-state index contributed by atoms with van der Waals surface area (Å²) < 4.78 is 10.8. The highest BCUT2D eigenvalue weighted by atomic mass is 16.5. The third kappa shape index (κ3) is 8.86. The van der Waals surface area contributed by atoms with Gasteiger partial charge in [0.1, 0.15) is 23.3 Å². The third-order valence-electron chi connectivity index (χ3n) is 9.73. The zero-order chi connectivity index (χ0) is 35.0. The minimum atomic E-state index is -1.15. The van der Waals surface area contributed by atoms with E-state index in [4.69, 9.17) is 9.47 Å². The minimum Gasteiger partial charge on any atom is -0.508 e. The highest BCUT2D eigenvalue weighted by Gasteiger charge is 2.38. The van der Waals surface area contributed by atoms with E-state index < -0.39 is 18.0 Å². The van der Waals surface area contributed by atoms with E-state index in [1.165, 1.54) is 12.0 Å². The monoisotopic (exact) mass is 664 g/mol. The fourth-order valence-corrected chi connectivity index (χ4v) is 6.56. The molecule has 4 aromatic carbocycles. The predicted molar refractivity (Wildman–Crippen MR) is 187 cm³/mol. The van der Waals surface area contributed by atoms with Gasteiger partial charge in [0, 0.05) is 32.5 Å². The Morgan fingerprint density at radius 3 is 2.31 bits per heavy atom. The van der Waals surface area contributed by atoms with E-state index in [9.17, 15) is 24.6 Å². The maximum Gasteiger partial charge on any atom is 0.337 e. The number of rotatable bonds is 13. The Labute approximate surface area is 287 Å². The van der Waals surface area contributed by atoms with E-state index in [2.05, 4.69) is 24.8 Å². The van der Waals surface area contributed by atoms with Crippen molar-refractivity contribution >= 4 is 17.8 Å². The molecule has 1 aliphatic rings. The molecule has 3 atom stereocenters. The zero-order valence-corrected chi connectivity index (χ0v) is 28.2. The first kappa shape index (κ1) is 35.2. The number of phenols is 1. The Kier molecular flexibility index (Phi) is 11.4. The number of carbonyl (C=O) groups excluding carboxylic acids is 2. The number of carboxylic acid groups (broad SMARTS) is 1. The average molecular weight is 665 g/mol. The quantitative estimate of drug-likeness (QED) is 0.152. The molecule has 1 heterocycles. The van der Waals surface area contributed by atoms with Gasteiger partial charge in [-0.2, -0.15) is 0 Å². The van der Waals surface area contributed by atoms with Crippen LogP contribution in [-0.4, -0.2) is 70.6 Å². The fraction of sp³-hybridized carbons (Fsp3) is 0.325. The molecule has 0 unspecified atom stereocenters. The lowest BCUT2D eigenvalue weighted by molar-refractivity contribution is -0.151. The van der Waals surface area contributed by atoms with E-state index in [0.29, 0.717) is 29.2 Å². The molecule has 0 bridgehead atoms. The molecule has 0 spiro atoms. The fourth-order valence-electron chi connectivity index (χ4n) is 6.56. The van der Waals surface area contributed by atoms with Crippen molar-refractivity contribution in [2.75, 3.05) is 26.7 Å². The number of phenolic OH excluding ortho intramolecular Hbond substituents is 1. The number of likely N-dealkylation sites (tertiary alicyclic amines) is 1. The molecular formula is C40H44N2O7. The van der Waals surface area contributed by atoms with Gasteiger partial charge in [0.25, 0.3) is 0 Å².